The van der Waals surface area contributed by atoms with Crippen molar-refractivity contribution in [3.63, 3.8) is 0 Å². The van der Waals surface area contributed by atoms with Crippen molar-refractivity contribution in [1.82, 2.24) is 9.55 Å². The Morgan fingerprint density at radius 3 is 2.78 bits per heavy atom. The number of benzene rings is 1. The average Bonchev–Trinajstić information content (AvgIpc) is 2.67. The Kier molecular flexibility index (Phi) is 3.60. The van der Waals surface area contributed by atoms with Crippen molar-refractivity contribution in [1.29, 1.82) is 0 Å². The molecule has 3 nitrogen and oxygen atoms in total. The van der Waals surface area contributed by atoms with Gasteiger partial charge in [0, 0.05) is 18.8 Å². The number of nitrogens with zero attached hydrogens (tertiary/aromatic N) is 2. The molecule has 0 spiro atoms. The molecular weight excluding hydrogens is 236 g/mol. The number of halogens is 2. The second-order valence-electron chi connectivity index (χ2n) is 4.10. The van der Waals surface area contributed by atoms with Crippen LogP contribution < -0.4 is 5.32 Å². The summed E-state index contributed by atoms with van der Waals surface area (Å²) in [7, 11) is 0. The molecule has 0 unspecified atom stereocenters. The Balaban J connectivity index is 2.42. The van der Waals surface area contributed by atoms with Crippen LogP contribution in [0.2, 0.25) is 0 Å². The van der Waals surface area contributed by atoms with E-state index in [0.29, 0.717) is 5.95 Å². The van der Waals surface area contributed by atoms with Gasteiger partial charge in [-0.25, -0.2) is 13.8 Å². The van der Waals surface area contributed by atoms with Crippen molar-refractivity contribution >= 4 is 5.95 Å². The molecule has 0 amide bonds. The van der Waals surface area contributed by atoms with Crippen LogP contribution in [0.25, 0.3) is 5.69 Å². The number of nitrogens with one attached hydrogen (secondary N) is 1. The number of rotatable bonds is 4. The van der Waals surface area contributed by atoms with Crippen LogP contribution in [0.1, 0.15) is 19.0 Å². The van der Waals surface area contributed by atoms with Crippen LogP contribution in [0.3, 0.4) is 0 Å². The van der Waals surface area contributed by atoms with Gasteiger partial charge in [-0.05, 0) is 25.5 Å². The molecule has 0 bridgehead atoms. The molecule has 0 fully saturated rings. The van der Waals surface area contributed by atoms with E-state index in [9.17, 15) is 8.78 Å². The van der Waals surface area contributed by atoms with Crippen molar-refractivity contribution in [3.05, 3.63) is 41.7 Å². The highest BCUT2D eigenvalue weighted by Crippen LogP contribution is 2.20. The molecule has 5 heteroatoms. The lowest BCUT2D eigenvalue weighted by atomic mass is 10.3. The van der Waals surface area contributed by atoms with E-state index in [1.165, 1.54) is 12.1 Å². The highest BCUT2D eigenvalue weighted by Gasteiger charge is 2.11. The zero-order chi connectivity index (χ0) is 13.1. The van der Waals surface area contributed by atoms with Gasteiger partial charge in [-0.2, -0.15) is 0 Å². The van der Waals surface area contributed by atoms with E-state index in [0.717, 1.165) is 24.7 Å². The molecule has 2 rings (SSSR count). The van der Waals surface area contributed by atoms with Gasteiger partial charge >= 0.3 is 0 Å². The van der Waals surface area contributed by atoms with E-state index in [1.807, 2.05) is 13.8 Å². The van der Waals surface area contributed by atoms with Gasteiger partial charge in [0.2, 0.25) is 5.95 Å². The molecule has 0 radical (unpaired) electrons. The summed E-state index contributed by atoms with van der Waals surface area (Å²) in [6.07, 6.45) is 2.66. The summed E-state index contributed by atoms with van der Waals surface area (Å²) >= 11 is 0. The van der Waals surface area contributed by atoms with Crippen molar-refractivity contribution in [2.24, 2.45) is 0 Å². The lowest BCUT2D eigenvalue weighted by Gasteiger charge is -2.09. The van der Waals surface area contributed by atoms with Gasteiger partial charge in [0.05, 0.1) is 11.4 Å². The fraction of sp³-hybridized carbons (Fsp3) is 0.308. The Hall–Kier alpha value is -1.91. The molecule has 0 aliphatic carbocycles. The zero-order valence-electron chi connectivity index (χ0n) is 10.4. The molecule has 0 atom stereocenters. The summed E-state index contributed by atoms with van der Waals surface area (Å²) in [6.45, 7) is 4.61. The Bertz CT molecular complexity index is 549. The lowest BCUT2D eigenvalue weighted by Crippen LogP contribution is -2.07. The Morgan fingerprint density at radius 2 is 2.11 bits per heavy atom. The average molecular weight is 251 g/mol. The first-order valence-electron chi connectivity index (χ1n) is 5.87. The Morgan fingerprint density at radius 1 is 1.33 bits per heavy atom. The smallest absolute Gasteiger partial charge is 0.207 e. The number of hydrogen-bond acceptors (Lipinski definition) is 2. The standard InChI is InChI=1S/C13H15F2N3/c1-3-6-16-13-17-9(2)8-18(13)12-5-4-10(14)7-11(12)15/h4-5,7-8H,3,6H2,1-2H3,(H,16,17). The summed E-state index contributed by atoms with van der Waals surface area (Å²) in [4.78, 5) is 4.28. The number of aryl methyl sites for hydroxylation is 1. The normalized spacial score (nSPS) is 10.7. The van der Waals surface area contributed by atoms with Crippen molar-refractivity contribution in [2.75, 3.05) is 11.9 Å². The molecule has 0 saturated carbocycles. The van der Waals surface area contributed by atoms with Crippen LogP contribution in [0, 0.1) is 18.6 Å². The van der Waals surface area contributed by atoms with E-state index in [1.54, 1.807) is 10.8 Å². The molecule has 18 heavy (non-hydrogen) atoms. The maximum atomic E-state index is 13.7. The minimum absolute atomic E-state index is 0.288. The molecule has 1 aromatic heterocycles. The predicted molar refractivity (Wildman–Crippen MR) is 67.0 cm³/mol. The number of hydrogen-bond donors (Lipinski definition) is 1. The second kappa shape index (κ2) is 5.16. The van der Waals surface area contributed by atoms with Crippen LogP contribution >= 0.6 is 0 Å². The van der Waals surface area contributed by atoms with Crippen LogP contribution in [0.15, 0.2) is 24.4 Å². The molecule has 2 aromatic rings. The van der Waals surface area contributed by atoms with Gasteiger partial charge in [-0.1, -0.05) is 6.92 Å². The van der Waals surface area contributed by atoms with Crippen molar-refractivity contribution in [3.8, 4) is 5.69 Å². The summed E-state index contributed by atoms with van der Waals surface area (Å²) in [5.74, 6) is -0.622. The van der Waals surface area contributed by atoms with Gasteiger partial charge in [-0.3, -0.25) is 4.57 Å². The van der Waals surface area contributed by atoms with E-state index in [4.69, 9.17) is 0 Å². The molecule has 1 aromatic carbocycles. The molecule has 1 N–H and O–H groups in total. The fourth-order valence-corrected chi connectivity index (χ4v) is 1.72. The zero-order valence-corrected chi connectivity index (χ0v) is 10.4. The van der Waals surface area contributed by atoms with Gasteiger partial charge in [0.1, 0.15) is 11.6 Å². The number of anilines is 1. The van der Waals surface area contributed by atoms with Gasteiger partial charge in [-0.15, -0.1) is 0 Å². The van der Waals surface area contributed by atoms with Gasteiger partial charge < -0.3 is 5.32 Å². The van der Waals surface area contributed by atoms with Crippen molar-refractivity contribution < 1.29 is 8.78 Å². The first-order valence-corrected chi connectivity index (χ1v) is 5.87. The van der Waals surface area contributed by atoms with Crippen LogP contribution in [-0.4, -0.2) is 16.1 Å². The third-order valence-electron chi connectivity index (χ3n) is 2.53. The summed E-state index contributed by atoms with van der Waals surface area (Å²) in [5.41, 5.74) is 1.06. The SMILES string of the molecule is CCCNc1nc(C)cn1-c1ccc(F)cc1F. The van der Waals surface area contributed by atoms with E-state index < -0.39 is 11.6 Å². The molecular formula is C13H15F2N3. The highest BCUT2D eigenvalue weighted by atomic mass is 19.1. The van der Waals surface area contributed by atoms with Crippen LogP contribution in [0.4, 0.5) is 14.7 Å². The molecule has 1 heterocycles. The van der Waals surface area contributed by atoms with Gasteiger partial charge in [0.15, 0.2) is 0 Å². The molecule has 0 aliphatic heterocycles. The van der Waals surface area contributed by atoms with E-state index >= 15 is 0 Å². The third kappa shape index (κ3) is 2.50. The fourth-order valence-electron chi connectivity index (χ4n) is 1.72. The topological polar surface area (TPSA) is 29.9 Å². The maximum Gasteiger partial charge on any atom is 0.207 e. The van der Waals surface area contributed by atoms with Crippen LogP contribution in [-0.2, 0) is 0 Å². The van der Waals surface area contributed by atoms with Gasteiger partial charge in [0.25, 0.3) is 0 Å². The molecule has 0 aliphatic rings. The highest BCUT2D eigenvalue weighted by molar-refractivity contribution is 5.44. The summed E-state index contributed by atoms with van der Waals surface area (Å²) in [6, 6.07) is 3.51. The largest absolute Gasteiger partial charge is 0.355 e. The minimum Gasteiger partial charge on any atom is -0.355 e. The Labute approximate surface area is 104 Å². The quantitative estimate of drug-likeness (QED) is 0.903. The van der Waals surface area contributed by atoms with E-state index in [2.05, 4.69) is 10.3 Å². The predicted octanol–water partition coefficient (Wildman–Crippen LogP) is 3.28. The summed E-state index contributed by atoms with van der Waals surface area (Å²) < 4.78 is 28.2. The third-order valence-corrected chi connectivity index (χ3v) is 2.53. The minimum atomic E-state index is -0.605. The molecule has 96 valence electrons. The summed E-state index contributed by atoms with van der Waals surface area (Å²) in [5, 5.41) is 3.12. The molecule has 0 saturated heterocycles. The maximum absolute atomic E-state index is 13.7. The number of aromatic nitrogens is 2. The first-order chi connectivity index (χ1) is 8.61. The van der Waals surface area contributed by atoms with E-state index in [-0.39, 0.29) is 5.69 Å². The van der Waals surface area contributed by atoms with Crippen LogP contribution in [0.5, 0.6) is 0 Å². The monoisotopic (exact) mass is 251 g/mol. The van der Waals surface area contributed by atoms with Crippen molar-refractivity contribution in [2.45, 2.75) is 20.3 Å². The first kappa shape index (κ1) is 12.5. The second-order valence-corrected chi connectivity index (χ2v) is 4.10. The number of imidazole rings is 1. The lowest BCUT2D eigenvalue weighted by molar-refractivity contribution is 0.578.